The summed E-state index contributed by atoms with van der Waals surface area (Å²) in [5, 5.41) is 3.38. The highest BCUT2D eigenvalue weighted by atomic mass is 16.5. The fourth-order valence-corrected chi connectivity index (χ4v) is 4.34. The largest absolute Gasteiger partial charge is 0.381 e. The Hall–Kier alpha value is -0.610. The van der Waals surface area contributed by atoms with E-state index in [1.165, 1.54) is 12.8 Å². The van der Waals surface area contributed by atoms with Crippen molar-refractivity contribution in [2.75, 3.05) is 33.3 Å². The monoisotopic (exact) mass is 266 g/mol. The lowest BCUT2D eigenvalue weighted by molar-refractivity contribution is -0.147. The van der Waals surface area contributed by atoms with Gasteiger partial charge >= 0.3 is 0 Å². The van der Waals surface area contributed by atoms with E-state index < -0.39 is 0 Å². The third kappa shape index (κ3) is 2.29. The van der Waals surface area contributed by atoms with Crippen LogP contribution in [-0.2, 0) is 9.53 Å². The number of piperidine rings is 2. The molecule has 108 valence electrons. The second kappa shape index (κ2) is 5.06. The molecule has 3 rings (SSSR count). The number of hydrogen-bond acceptors (Lipinski definition) is 3. The van der Waals surface area contributed by atoms with E-state index in [0.29, 0.717) is 23.8 Å². The zero-order valence-electron chi connectivity index (χ0n) is 12.2. The van der Waals surface area contributed by atoms with Gasteiger partial charge in [0.1, 0.15) is 0 Å². The van der Waals surface area contributed by atoms with E-state index in [1.54, 1.807) is 0 Å². The van der Waals surface area contributed by atoms with Gasteiger partial charge in [-0.2, -0.15) is 0 Å². The molecule has 3 aliphatic rings. The molecule has 2 heterocycles. The number of methoxy groups -OCH3 is 1. The third-order valence-corrected chi connectivity index (χ3v) is 5.42. The van der Waals surface area contributed by atoms with Gasteiger partial charge in [-0.1, -0.05) is 0 Å². The summed E-state index contributed by atoms with van der Waals surface area (Å²) in [5.74, 6) is 1.49. The van der Waals surface area contributed by atoms with Crippen molar-refractivity contribution in [1.82, 2.24) is 10.2 Å². The summed E-state index contributed by atoms with van der Waals surface area (Å²) in [7, 11) is 1.82. The summed E-state index contributed by atoms with van der Waals surface area (Å²) in [4.78, 5) is 15.0. The van der Waals surface area contributed by atoms with Crippen molar-refractivity contribution in [2.45, 2.75) is 38.7 Å². The Bertz CT molecular complexity index is 338. The average Bonchev–Trinajstić information content (AvgIpc) is 2.67. The molecule has 1 aliphatic carbocycles. The Morgan fingerprint density at radius 1 is 1.32 bits per heavy atom. The second-order valence-corrected chi connectivity index (χ2v) is 6.85. The Morgan fingerprint density at radius 2 is 2.00 bits per heavy atom. The number of amides is 1. The Morgan fingerprint density at radius 3 is 2.53 bits per heavy atom. The van der Waals surface area contributed by atoms with Crippen LogP contribution in [-0.4, -0.2) is 50.2 Å². The van der Waals surface area contributed by atoms with Crippen LogP contribution in [0.15, 0.2) is 0 Å². The number of carbonyl (C=O) groups is 1. The standard InChI is InChI=1S/C15H26N2O2/c1-15(6-3-7-16-10-15)14(18)17-8-11-4-5-12(9-17)13(11)19-2/h11-13,16H,3-10H2,1-2H3/t11-,12+,13?,15-/m1/s1. The molecule has 4 nitrogen and oxygen atoms in total. The fraction of sp³-hybridized carbons (Fsp3) is 0.933. The number of nitrogens with one attached hydrogen (secondary N) is 1. The van der Waals surface area contributed by atoms with E-state index in [0.717, 1.165) is 39.0 Å². The molecule has 4 atom stereocenters. The van der Waals surface area contributed by atoms with Crippen LogP contribution < -0.4 is 5.32 Å². The van der Waals surface area contributed by atoms with Crippen molar-refractivity contribution in [3.05, 3.63) is 0 Å². The van der Waals surface area contributed by atoms with Crippen LogP contribution in [0, 0.1) is 17.3 Å². The van der Waals surface area contributed by atoms with Crippen LogP contribution >= 0.6 is 0 Å². The van der Waals surface area contributed by atoms with Gasteiger partial charge in [0.25, 0.3) is 0 Å². The number of carbonyl (C=O) groups excluding carboxylic acids is 1. The van der Waals surface area contributed by atoms with Gasteiger partial charge in [0.05, 0.1) is 11.5 Å². The van der Waals surface area contributed by atoms with Crippen LogP contribution in [0.4, 0.5) is 0 Å². The molecule has 0 aromatic rings. The molecule has 4 heteroatoms. The van der Waals surface area contributed by atoms with Crippen LogP contribution in [0.2, 0.25) is 0 Å². The van der Waals surface area contributed by atoms with Gasteiger partial charge in [0.15, 0.2) is 0 Å². The predicted octanol–water partition coefficient (Wildman–Crippen LogP) is 1.26. The Balaban J connectivity index is 1.69. The molecule has 0 aromatic heterocycles. The maximum absolute atomic E-state index is 12.8. The number of hydrogen-bond donors (Lipinski definition) is 1. The molecule has 1 amide bonds. The number of rotatable bonds is 2. The molecule has 2 bridgehead atoms. The summed E-state index contributed by atoms with van der Waals surface area (Å²) >= 11 is 0. The van der Waals surface area contributed by atoms with E-state index in [4.69, 9.17) is 4.74 Å². The highest BCUT2D eigenvalue weighted by molar-refractivity contribution is 5.83. The first-order chi connectivity index (χ1) is 9.14. The van der Waals surface area contributed by atoms with Crippen molar-refractivity contribution >= 4 is 5.91 Å². The summed E-state index contributed by atoms with van der Waals surface area (Å²) in [6, 6.07) is 0. The third-order valence-electron chi connectivity index (χ3n) is 5.42. The molecule has 0 radical (unpaired) electrons. The first-order valence-corrected chi connectivity index (χ1v) is 7.67. The van der Waals surface area contributed by atoms with E-state index >= 15 is 0 Å². The van der Waals surface area contributed by atoms with Crippen LogP contribution in [0.25, 0.3) is 0 Å². The zero-order chi connectivity index (χ0) is 13.5. The number of likely N-dealkylation sites (tertiary alicyclic amines) is 1. The Kier molecular flexibility index (Phi) is 3.56. The van der Waals surface area contributed by atoms with Crippen molar-refractivity contribution in [2.24, 2.45) is 17.3 Å². The lowest BCUT2D eigenvalue weighted by Gasteiger charge is -2.42. The second-order valence-electron chi connectivity index (χ2n) is 6.85. The maximum Gasteiger partial charge on any atom is 0.229 e. The van der Waals surface area contributed by atoms with Crippen LogP contribution in [0.1, 0.15) is 32.6 Å². The van der Waals surface area contributed by atoms with Gasteiger partial charge in [0.2, 0.25) is 5.91 Å². The SMILES string of the molecule is COC1[C@@H]2CC[C@H]1CN(C(=O)[C@]1(C)CCCNC1)C2. The van der Waals surface area contributed by atoms with Crippen LogP contribution in [0.3, 0.4) is 0 Å². The molecule has 3 fully saturated rings. The normalized spacial score (nSPS) is 42.4. The van der Waals surface area contributed by atoms with Gasteiger partial charge in [-0.25, -0.2) is 0 Å². The molecular formula is C15H26N2O2. The Labute approximate surface area is 115 Å². The van der Waals surface area contributed by atoms with E-state index in [-0.39, 0.29) is 5.41 Å². The molecule has 19 heavy (non-hydrogen) atoms. The summed E-state index contributed by atoms with van der Waals surface area (Å²) in [5.41, 5.74) is -0.183. The minimum Gasteiger partial charge on any atom is -0.381 e. The average molecular weight is 266 g/mol. The fourth-order valence-electron chi connectivity index (χ4n) is 4.34. The number of ether oxygens (including phenoxy) is 1. The van der Waals surface area contributed by atoms with Crippen LogP contribution in [0.5, 0.6) is 0 Å². The highest BCUT2D eigenvalue weighted by Gasteiger charge is 2.46. The minimum atomic E-state index is -0.183. The van der Waals surface area contributed by atoms with Crippen molar-refractivity contribution in [3.63, 3.8) is 0 Å². The molecule has 1 unspecified atom stereocenters. The molecule has 0 spiro atoms. The lowest BCUT2D eigenvalue weighted by Crippen LogP contribution is -2.55. The summed E-state index contributed by atoms with van der Waals surface area (Å²) in [6.45, 7) is 5.84. The molecule has 1 N–H and O–H groups in total. The van der Waals surface area contributed by atoms with E-state index in [1.807, 2.05) is 7.11 Å². The molecule has 2 aliphatic heterocycles. The maximum atomic E-state index is 12.8. The number of fused-ring (bicyclic) bond motifs is 2. The van der Waals surface area contributed by atoms with Gasteiger partial charge in [-0.3, -0.25) is 4.79 Å². The topological polar surface area (TPSA) is 41.6 Å². The quantitative estimate of drug-likeness (QED) is 0.818. The molecule has 2 saturated heterocycles. The summed E-state index contributed by atoms with van der Waals surface area (Å²) in [6.07, 6.45) is 4.98. The van der Waals surface area contributed by atoms with Crippen molar-refractivity contribution < 1.29 is 9.53 Å². The zero-order valence-corrected chi connectivity index (χ0v) is 12.2. The van der Waals surface area contributed by atoms with E-state index in [9.17, 15) is 4.79 Å². The van der Waals surface area contributed by atoms with Crippen molar-refractivity contribution in [3.8, 4) is 0 Å². The predicted molar refractivity (Wildman–Crippen MR) is 73.8 cm³/mol. The number of nitrogens with zero attached hydrogens (tertiary/aromatic N) is 1. The van der Waals surface area contributed by atoms with Gasteiger partial charge < -0.3 is 15.0 Å². The van der Waals surface area contributed by atoms with Crippen molar-refractivity contribution in [1.29, 1.82) is 0 Å². The van der Waals surface area contributed by atoms with Gasteiger partial charge in [-0.15, -0.1) is 0 Å². The highest BCUT2D eigenvalue weighted by Crippen LogP contribution is 2.40. The molecular weight excluding hydrogens is 240 g/mol. The summed E-state index contributed by atoms with van der Waals surface area (Å²) < 4.78 is 5.63. The van der Waals surface area contributed by atoms with E-state index in [2.05, 4.69) is 17.1 Å². The molecule has 1 saturated carbocycles. The smallest absolute Gasteiger partial charge is 0.229 e. The van der Waals surface area contributed by atoms with Gasteiger partial charge in [-0.05, 0) is 39.2 Å². The lowest BCUT2D eigenvalue weighted by atomic mass is 9.80. The first-order valence-electron chi connectivity index (χ1n) is 7.67. The first kappa shape index (κ1) is 13.4. The molecule has 0 aromatic carbocycles. The minimum absolute atomic E-state index is 0.183. The van der Waals surface area contributed by atoms with Gasteiger partial charge in [0, 0.05) is 38.6 Å².